The predicted octanol–water partition coefficient (Wildman–Crippen LogP) is 4.77. The highest BCUT2D eigenvalue weighted by molar-refractivity contribution is 9.13. The van der Waals surface area contributed by atoms with Gasteiger partial charge in [0.25, 0.3) is 0 Å². The summed E-state index contributed by atoms with van der Waals surface area (Å²) in [6.45, 7) is 1.59. The monoisotopic (exact) mass is 506 g/mol. The summed E-state index contributed by atoms with van der Waals surface area (Å²) in [5, 5.41) is 8.83. The van der Waals surface area contributed by atoms with Crippen molar-refractivity contribution in [1.82, 2.24) is 5.16 Å². The maximum absolute atomic E-state index is 14.2. The maximum atomic E-state index is 14.2. The molecule has 0 amide bonds. The molecular weight excluding hydrogens is 498 g/mol. The van der Waals surface area contributed by atoms with E-state index in [1.165, 1.54) is 0 Å². The summed E-state index contributed by atoms with van der Waals surface area (Å²) in [4.78, 5) is -1.18. The molecule has 10 heteroatoms. The molecule has 136 valence electrons. The van der Waals surface area contributed by atoms with Gasteiger partial charge >= 0.3 is 0 Å². The number of aryl methyl sites for hydroxylation is 1. The van der Waals surface area contributed by atoms with Crippen LogP contribution < -0.4 is 5.14 Å². The number of nitrogens with two attached hydrogens (primary N) is 1. The van der Waals surface area contributed by atoms with Crippen LogP contribution in [0.5, 0.6) is 0 Å². The lowest BCUT2D eigenvalue weighted by atomic mass is 9.99. The fraction of sp³-hybridized carbons (Fsp3) is 0.0625. The second-order valence-electron chi connectivity index (χ2n) is 5.41. The first-order valence-corrected chi connectivity index (χ1v) is 10.2. The zero-order valence-electron chi connectivity index (χ0n) is 13.1. The van der Waals surface area contributed by atoms with Crippen molar-refractivity contribution in [3.63, 3.8) is 0 Å². The summed E-state index contributed by atoms with van der Waals surface area (Å²) in [5.74, 6) is -2.25. The van der Waals surface area contributed by atoms with Crippen molar-refractivity contribution in [2.24, 2.45) is 5.14 Å². The van der Waals surface area contributed by atoms with E-state index in [9.17, 15) is 17.2 Å². The van der Waals surface area contributed by atoms with Crippen molar-refractivity contribution in [2.75, 3.05) is 0 Å². The smallest absolute Gasteiger partial charge is 0.243 e. The van der Waals surface area contributed by atoms with Crippen LogP contribution in [0.25, 0.3) is 22.4 Å². The fourth-order valence-corrected chi connectivity index (χ4v) is 3.82. The average Bonchev–Trinajstić information content (AvgIpc) is 2.89. The number of aromatic nitrogens is 1. The van der Waals surface area contributed by atoms with E-state index in [1.807, 2.05) is 0 Å². The van der Waals surface area contributed by atoms with Gasteiger partial charge in [-0.25, -0.2) is 22.3 Å². The van der Waals surface area contributed by atoms with E-state index >= 15 is 0 Å². The van der Waals surface area contributed by atoms with Gasteiger partial charge in [0.2, 0.25) is 10.0 Å². The third-order valence-corrected chi connectivity index (χ3v) is 6.47. The SMILES string of the molecule is Cc1onc(-c2ccc(Br)c(Br)c2)c1-c1cc(F)c(S(N)(=O)=O)c(F)c1. The van der Waals surface area contributed by atoms with Crippen LogP contribution in [0.15, 0.2) is 48.7 Å². The van der Waals surface area contributed by atoms with Crippen molar-refractivity contribution >= 4 is 41.9 Å². The molecule has 0 aliphatic rings. The summed E-state index contributed by atoms with van der Waals surface area (Å²) in [5.41, 5.74) is 1.43. The Morgan fingerprint density at radius 3 is 2.19 bits per heavy atom. The van der Waals surface area contributed by atoms with E-state index in [1.54, 1.807) is 25.1 Å². The summed E-state index contributed by atoms with van der Waals surface area (Å²) >= 11 is 6.74. The number of hydrogen-bond donors (Lipinski definition) is 1. The lowest BCUT2D eigenvalue weighted by molar-refractivity contribution is 0.400. The van der Waals surface area contributed by atoms with Gasteiger partial charge in [0.15, 0.2) is 4.90 Å². The second kappa shape index (κ2) is 6.84. The van der Waals surface area contributed by atoms with E-state index in [2.05, 4.69) is 37.0 Å². The molecule has 0 atom stereocenters. The van der Waals surface area contributed by atoms with Gasteiger partial charge in [-0.1, -0.05) is 11.2 Å². The Balaban J connectivity index is 2.23. The standard InChI is InChI=1S/C16H10Br2F2N2O3S/c1-7-14(9-5-12(19)16(13(20)6-9)26(21,23)24)15(22-25-7)8-2-3-10(17)11(18)4-8/h2-6H,1H3,(H2,21,23,24). The molecule has 26 heavy (non-hydrogen) atoms. The number of primary sulfonamides is 1. The van der Waals surface area contributed by atoms with Crippen LogP contribution in [-0.4, -0.2) is 13.6 Å². The Morgan fingerprint density at radius 2 is 1.65 bits per heavy atom. The Bertz CT molecular complexity index is 1110. The molecule has 1 aromatic heterocycles. The zero-order valence-corrected chi connectivity index (χ0v) is 17.0. The molecule has 2 aromatic carbocycles. The van der Waals surface area contributed by atoms with E-state index in [0.29, 0.717) is 22.6 Å². The highest BCUT2D eigenvalue weighted by atomic mass is 79.9. The van der Waals surface area contributed by atoms with Gasteiger partial charge in [0.05, 0.1) is 5.56 Å². The third-order valence-electron chi connectivity index (χ3n) is 3.63. The Morgan fingerprint density at radius 1 is 1.04 bits per heavy atom. The first-order chi connectivity index (χ1) is 12.1. The van der Waals surface area contributed by atoms with E-state index in [0.717, 1.165) is 21.1 Å². The van der Waals surface area contributed by atoms with E-state index < -0.39 is 26.6 Å². The summed E-state index contributed by atoms with van der Waals surface area (Å²) in [7, 11) is -4.53. The van der Waals surface area contributed by atoms with Crippen LogP contribution in [0.3, 0.4) is 0 Å². The number of rotatable bonds is 3. The third kappa shape index (κ3) is 3.46. The van der Waals surface area contributed by atoms with Crippen LogP contribution in [0.4, 0.5) is 8.78 Å². The summed E-state index contributed by atoms with van der Waals surface area (Å²) in [6, 6.07) is 7.06. The molecule has 0 bridgehead atoms. The number of sulfonamides is 1. The number of hydrogen-bond acceptors (Lipinski definition) is 4. The van der Waals surface area contributed by atoms with Gasteiger partial charge < -0.3 is 4.52 Å². The Kier molecular flexibility index (Phi) is 5.04. The second-order valence-corrected chi connectivity index (χ2v) is 8.61. The first-order valence-electron chi connectivity index (χ1n) is 7.03. The lowest BCUT2D eigenvalue weighted by Crippen LogP contribution is -2.16. The zero-order chi connectivity index (χ0) is 19.2. The number of benzene rings is 2. The molecule has 0 fully saturated rings. The predicted molar refractivity (Wildman–Crippen MR) is 98.8 cm³/mol. The Hall–Kier alpha value is -1.62. The highest BCUT2D eigenvalue weighted by Crippen LogP contribution is 2.38. The first kappa shape index (κ1) is 19.2. The van der Waals surface area contributed by atoms with Gasteiger partial charge in [0.1, 0.15) is 23.1 Å². The van der Waals surface area contributed by atoms with Crippen molar-refractivity contribution in [3.8, 4) is 22.4 Å². The van der Waals surface area contributed by atoms with Crippen molar-refractivity contribution in [3.05, 3.63) is 56.7 Å². The van der Waals surface area contributed by atoms with Crippen molar-refractivity contribution in [1.29, 1.82) is 0 Å². The van der Waals surface area contributed by atoms with Crippen molar-refractivity contribution in [2.45, 2.75) is 11.8 Å². The minimum atomic E-state index is -4.53. The van der Waals surface area contributed by atoms with E-state index in [-0.39, 0.29) is 5.56 Å². The van der Waals surface area contributed by atoms with Crippen LogP contribution >= 0.6 is 31.9 Å². The normalized spacial score (nSPS) is 11.8. The van der Waals surface area contributed by atoms with Gasteiger partial charge in [-0.15, -0.1) is 0 Å². The largest absolute Gasteiger partial charge is 0.360 e. The molecule has 0 saturated carbocycles. The molecule has 5 nitrogen and oxygen atoms in total. The molecule has 0 unspecified atom stereocenters. The number of nitrogens with zero attached hydrogens (tertiary/aromatic N) is 1. The molecule has 0 spiro atoms. The van der Waals surface area contributed by atoms with E-state index in [4.69, 9.17) is 9.66 Å². The molecular formula is C16H10Br2F2N2O3S. The molecule has 0 radical (unpaired) electrons. The maximum Gasteiger partial charge on any atom is 0.243 e. The summed E-state index contributed by atoms with van der Waals surface area (Å²) < 4.78 is 57.9. The van der Waals surface area contributed by atoms with Crippen LogP contribution in [0.1, 0.15) is 5.76 Å². The fourth-order valence-electron chi connectivity index (χ4n) is 2.53. The molecule has 1 heterocycles. The van der Waals surface area contributed by atoms with Gasteiger partial charge in [0, 0.05) is 14.5 Å². The molecule has 0 saturated heterocycles. The molecule has 0 aliphatic carbocycles. The van der Waals surface area contributed by atoms with Gasteiger partial charge in [-0.05, 0) is 68.6 Å². The molecule has 3 aromatic rings. The highest BCUT2D eigenvalue weighted by Gasteiger charge is 2.25. The van der Waals surface area contributed by atoms with Crippen LogP contribution in [0, 0.1) is 18.6 Å². The molecule has 0 aliphatic heterocycles. The van der Waals surface area contributed by atoms with Gasteiger partial charge in [-0.3, -0.25) is 0 Å². The minimum Gasteiger partial charge on any atom is -0.360 e. The molecule has 3 rings (SSSR count). The Labute approximate surface area is 164 Å². The van der Waals surface area contributed by atoms with Crippen LogP contribution in [-0.2, 0) is 10.0 Å². The minimum absolute atomic E-state index is 0.0835. The summed E-state index contributed by atoms with van der Waals surface area (Å²) in [6.07, 6.45) is 0. The topological polar surface area (TPSA) is 86.2 Å². The average molecular weight is 508 g/mol. The quantitative estimate of drug-likeness (QED) is 0.553. The van der Waals surface area contributed by atoms with Gasteiger partial charge in [-0.2, -0.15) is 0 Å². The lowest BCUT2D eigenvalue weighted by Gasteiger charge is -2.08. The van der Waals surface area contributed by atoms with Crippen LogP contribution in [0.2, 0.25) is 0 Å². The number of halogens is 4. The molecule has 2 N–H and O–H groups in total. The van der Waals surface area contributed by atoms with Crippen molar-refractivity contribution < 1.29 is 21.7 Å².